The monoisotopic (exact) mass is 1890 g/mol. The van der Waals surface area contributed by atoms with Gasteiger partial charge in [0.25, 0.3) is 0 Å². The third-order valence-corrected chi connectivity index (χ3v) is 32.7. The number of rotatable bonds is 25. The van der Waals surface area contributed by atoms with Crippen LogP contribution in [0.4, 0.5) is 0 Å². The number of aromatic amines is 1. The van der Waals surface area contributed by atoms with E-state index in [1.54, 1.807) is 34.6 Å². The molecule has 0 spiro atoms. The third-order valence-electron chi connectivity index (χ3n) is 32.7. The van der Waals surface area contributed by atoms with Crippen LogP contribution < -0.4 is 21.3 Å². The minimum Gasteiger partial charge on any atom is -0.481 e. The second kappa shape index (κ2) is 46.1. The Bertz CT molecular complexity index is 4890. The molecule has 3 heterocycles. The Morgan fingerprint density at radius 1 is 0.444 bits per heavy atom. The lowest BCUT2D eigenvalue weighted by Gasteiger charge is -2.52. The molecule has 0 radical (unpaired) electrons. The van der Waals surface area contributed by atoms with Crippen LogP contribution in [0.5, 0.6) is 0 Å². The third kappa shape index (κ3) is 23.7. The predicted molar refractivity (Wildman–Crippen MR) is 490 cm³/mol. The maximum absolute atomic E-state index is 13.3. The molecule has 10 aliphatic carbocycles. The van der Waals surface area contributed by atoms with Crippen LogP contribution in [0.2, 0.25) is 0 Å². The predicted octanol–water partition coefficient (Wildman–Crippen LogP) is 11.7. The molecule has 22 atom stereocenters. The summed E-state index contributed by atoms with van der Waals surface area (Å²) < 4.78 is 25.5. The molecule has 14 rings (SSSR count). The Labute approximate surface area is 792 Å². The molecule has 4 amide bonds. The van der Waals surface area contributed by atoms with Gasteiger partial charge in [0.05, 0.1) is 46.0 Å². The molecule has 748 valence electrons. The lowest BCUT2D eigenvalue weighted by molar-refractivity contribution is -0.192. The summed E-state index contributed by atoms with van der Waals surface area (Å²) >= 11 is 0. The van der Waals surface area contributed by atoms with Gasteiger partial charge in [-0.25, -0.2) is 9.59 Å². The molecule has 0 unspecified atom stereocenters. The number of benzene rings is 1. The van der Waals surface area contributed by atoms with Gasteiger partial charge < -0.3 is 55.0 Å². The average molecular weight is 1890 g/mol. The van der Waals surface area contributed by atoms with Crippen LogP contribution in [0.25, 0.3) is 10.9 Å². The number of carboxylic acid groups (broad SMARTS) is 1. The summed E-state index contributed by atoms with van der Waals surface area (Å²) in [5, 5.41) is 20.5. The van der Waals surface area contributed by atoms with Crippen molar-refractivity contribution in [3.8, 4) is 0 Å². The quantitative estimate of drug-likeness (QED) is 0.0397. The highest BCUT2D eigenvalue weighted by atomic mass is 16.6. The number of carboxylic acids is 1. The molecule has 2 saturated heterocycles. The Balaban J connectivity index is 0.000000272. The lowest BCUT2D eigenvalue weighted by Crippen LogP contribution is -2.56. The zero-order valence-electron chi connectivity index (χ0n) is 77.9. The molecule has 12 aliphatic rings. The van der Waals surface area contributed by atoms with Crippen molar-refractivity contribution in [2.45, 2.75) is 321 Å². The van der Waals surface area contributed by atoms with Crippen molar-refractivity contribution in [2.24, 2.45) is 109 Å². The number of fused-ring (bicyclic) bond motifs is 13. The van der Waals surface area contributed by atoms with E-state index in [0.717, 1.165) is 49.3 Å². The topological polar surface area (TPSA) is 506 Å². The number of para-hydroxylation sites is 1. The number of carbonyl (C=O) groups excluding carboxylic acids is 21. The fourth-order valence-corrected chi connectivity index (χ4v) is 25.7. The molecule has 10 saturated carbocycles. The molecular formula is C102H147N5O28. The van der Waals surface area contributed by atoms with Crippen molar-refractivity contribution >= 4 is 134 Å². The van der Waals surface area contributed by atoms with Crippen molar-refractivity contribution in [2.75, 3.05) is 34.4 Å². The average Bonchev–Trinajstić information content (AvgIpc) is 1.69. The van der Waals surface area contributed by atoms with Gasteiger partial charge in [0.15, 0.2) is 0 Å². The summed E-state index contributed by atoms with van der Waals surface area (Å²) in [5.74, 6) is -6.45. The molecule has 2 aliphatic heterocycles. The van der Waals surface area contributed by atoms with Crippen LogP contribution in [-0.2, 0) is 136 Å². The summed E-state index contributed by atoms with van der Waals surface area (Å²) in [7, 11) is 3.58. The standard InChI is InChI=1S/C28H34N2O4.C24H33NO9.C24H35NO7.C21H29NO6.CO2.4CH4/c1-27(13-11-25(34)29-14-12-17-16-30-21-6-4-3-5-18(17)21)23(32)9-7-19-20-8-10-24(33)28(20,2)15-22(31)26(19)27;1-23-12-16(26)21-13(14(23)6-7-17(23)27)5-8-19(29)34-24(21,2)10-9-18(28)25-15(22(31)33-4)11-20(30)32-3;1-13(2)21(22(30)31-5)25-18(28)10-11-24(4)20-14(6-9-19(29)32-24)15-7-8-17(27)23(15,3)12-16(20)26;1-20(9-7-17(26)22-10-8-18(27)28)15(24)5-3-12-13-4-6-16(25)21(13,2)11-14(23)19(12)20;2-1-3;;;;/h3-6,16,19-20,26,30H,7-15H2,1-2H3,(H,29,34);13-15,21H,5-12H2,1-4H3,(H,25,28);13-15,20-21H,6-12H2,1-5H3,(H,25,28);12-13,19H,3-11H2,1-2H3,(H,22,26)(H,27,28);;4*1H4/t19-,20-,26+,27-,28-;13-,14-,15-,21+,23-,24+;14-,15-,20+,21-,23-,24+;12-,13-,19+,20-,21-;;;;;/m0000...../s1. The molecule has 1 aromatic carbocycles. The minimum absolute atomic E-state index is 0. The summed E-state index contributed by atoms with van der Waals surface area (Å²) in [6.07, 6.45) is 12.6. The maximum atomic E-state index is 13.3. The second-order valence-electron chi connectivity index (χ2n) is 40.8. The van der Waals surface area contributed by atoms with Gasteiger partial charge in [-0.3, -0.25) is 86.3 Å². The van der Waals surface area contributed by atoms with E-state index >= 15 is 0 Å². The van der Waals surface area contributed by atoms with Gasteiger partial charge in [-0.15, -0.1) is 0 Å². The Hall–Kier alpha value is -10.5. The van der Waals surface area contributed by atoms with E-state index in [4.69, 9.17) is 28.9 Å². The van der Waals surface area contributed by atoms with Crippen LogP contribution >= 0.6 is 0 Å². The SMILES string of the molecule is C.C.C.C.COC(=O)C[C@H](NC(=O)CC[C@@]1(C)OC(=O)CC[C@@H]2[C@@H]1C(=O)C[C@]1(C)C(=O)CC[C@@H]21)C(=O)OC.COC(=O)[C@@H](NC(=O)CC[C@@]1(C)OC(=O)CC[C@@H]2[C@@H]1C(=O)C[C@]1(C)C(=O)CC[C@@H]21)C(C)C.C[C@]1(CCC(=O)NCCC(=O)O)C(=O)CC[C@@H]2[C@@H]1C(=O)C[C@]1(C)C(=O)CC[C@@H]21.C[C@]1(CCC(=O)NCCc2c[nH]c3ccccc23)C(=O)CC[C@@H]2[C@@H]1C(=O)C[C@]1(C)C(=O)CC[C@@H]21.O=C=O. The number of ketones is 10. The molecule has 2 aromatic rings. The van der Waals surface area contributed by atoms with Gasteiger partial charge in [-0.1, -0.05) is 103 Å². The van der Waals surface area contributed by atoms with Gasteiger partial charge in [-0.05, 0) is 162 Å². The highest BCUT2D eigenvalue weighted by Gasteiger charge is 2.67. The Kier molecular flexibility index (Phi) is 38.7. The summed E-state index contributed by atoms with van der Waals surface area (Å²) in [6.45, 7) is 18.9. The zero-order valence-corrected chi connectivity index (χ0v) is 77.9. The first-order valence-corrected chi connectivity index (χ1v) is 46.5. The molecule has 6 N–H and O–H groups in total. The summed E-state index contributed by atoms with van der Waals surface area (Å²) in [4.78, 5) is 270. The van der Waals surface area contributed by atoms with Crippen molar-refractivity contribution in [3.05, 3.63) is 36.0 Å². The second-order valence-corrected chi connectivity index (χ2v) is 40.8. The van der Waals surface area contributed by atoms with Crippen LogP contribution in [0, 0.1) is 109 Å². The van der Waals surface area contributed by atoms with Crippen molar-refractivity contribution in [1.29, 1.82) is 0 Å². The first-order valence-electron chi connectivity index (χ1n) is 46.5. The van der Waals surface area contributed by atoms with E-state index in [2.05, 4.69) is 41.8 Å². The van der Waals surface area contributed by atoms with Crippen molar-refractivity contribution < 1.29 is 134 Å². The molecule has 12 fully saturated rings. The number of methoxy groups -OCH3 is 3. The van der Waals surface area contributed by atoms with Gasteiger partial charge in [0.1, 0.15) is 81.1 Å². The molecule has 0 bridgehead atoms. The number of amides is 4. The number of carbonyl (C=O) groups is 20. The summed E-state index contributed by atoms with van der Waals surface area (Å²) in [6, 6.07) is 6.10. The lowest BCUT2D eigenvalue weighted by atomic mass is 9.48. The van der Waals surface area contributed by atoms with E-state index < -0.39 is 116 Å². The smallest absolute Gasteiger partial charge is 0.373 e. The molecular weight excluding hydrogens is 1740 g/mol. The first-order chi connectivity index (χ1) is 61.6. The van der Waals surface area contributed by atoms with E-state index in [0.29, 0.717) is 83.6 Å². The maximum Gasteiger partial charge on any atom is 0.373 e. The normalized spacial score (nSPS) is 33.0. The van der Waals surface area contributed by atoms with Gasteiger partial charge in [0.2, 0.25) is 23.6 Å². The number of cyclic esters (lactones) is 2. The van der Waals surface area contributed by atoms with E-state index in [9.17, 15) is 95.9 Å². The number of aromatic nitrogens is 1. The highest BCUT2D eigenvalue weighted by Crippen LogP contribution is 2.64. The molecule has 135 heavy (non-hydrogen) atoms. The van der Waals surface area contributed by atoms with Gasteiger partial charge >= 0.3 is 42.0 Å². The van der Waals surface area contributed by atoms with Crippen molar-refractivity contribution in [1.82, 2.24) is 26.3 Å². The molecule has 1 aromatic heterocycles. The number of aliphatic carboxylic acids is 1. The highest BCUT2D eigenvalue weighted by molar-refractivity contribution is 6.02. The van der Waals surface area contributed by atoms with Gasteiger partial charge in [-0.2, -0.15) is 9.59 Å². The number of H-pyrrole nitrogens is 1. The number of Topliss-reactive ketones (excluding diaryl/α,β-unsaturated/α-hetero) is 10. The van der Waals surface area contributed by atoms with Crippen LogP contribution in [0.15, 0.2) is 30.5 Å². The van der Waals surface area contributed by atoms with Gasteiger partial charge in [0, 0.05) is 177 Å². The number of ether oxygens (including phenoxy) is 5. The number of hydrogen-bond donors (Lipinski definition) is 6. The number of nitrogens with one attached hydrogen (secondary N) is 5. The molecule has 33 nitrogen and oxygen atoms in total. The van der Waals surface area contributed by atoms with E-state index in [-0.39, 0.29) is 273 Å². The number of esters is 5. The molecule has 33 heteroatoms. The van der Waals surface area contributed by atoms with Crippen LogP contribution in [0.1, 0.15) is 297 Å². The van der Waals surface area contributed by atoms with E-state index in [1.807, 2.05) is 59.0 Å². The largest absolute Gasteiger partial charge is 0.481 e. The fourth-order valence-electron chi connectivity index (χ4n) is 25.7. The Morgan fingerprint density at radius 3 is 1.17 bits per heavy atom. The first kappa shape index (κ1) is 113. The van der Waals surface area contributed by atoms with Crippen LogP contribution in [0.3, 0.4) is 0 Å². The fraction of sp³-hybridized carbons (Fsp3) is 0.716. The van der Waals surface area contributed by atoms with Crippen LogP contribution in [-0.4, -0.2) is 191 Å². The zero-order chi connectivity index (χ0) is 96.6. The number of hydrogen-bond acceptors (Lipinski definition) is 27. The summed E-state index contributed by atoms with van der Waals surface area (Å²) in [5.41, 5.74) is -4.32. The van der Waals surface area contributed by atoms with E-state index in [1.165, 1.54) is 14.2 Å². The minimum atomic E-state index is -1.22. The van der Waals surface area contributed by atoms with Crippen molar-refractivity contribution in [3.63, 3.8) is 0 Å². The Morgan fingerprint density at radius 2 is 0.793 bits per heavy atom.